The lowest BCUT2D eigenvalue weighted by atomic mass is 10.1. The number of anilines is 2. The quantitative estimate of drug-likeness (QED) is 0.489. The maximum atomic E-state index is 13.0. The number of benzene rings is 3. The van der Waals surface area contributed by atoms with Gasteiger partial charge in [-0.1, -0.05) is 48.5 Å². The fourth-order valence-corrected chi connectivity index (χ4v) is 3.92. The summed E-state index contributed by atoms with van der Waals surface area (Å²) in [7, 11) is 0. The van der Waals surface area contributed by atoms with Crippen LogP contribution in [0.25, 0.3) is 0 Å². The van der Waals surface area contributed by atoms with E-state index in [0.717, 1.165) is 36.3 Å². The number of nitrogens with one attached hydrogen (secondary N) is 2. The summed E-state index contributed by atoms with van der Waals surface area (Å²) in [6, 6.07) is 22.4. The number of hydrogen-bond donors (Lipinski definition) is 2. The minimum Gasteiger partial charge on any atom is -0.378 e. The lowest BCUT2D eigenvalue weighted by molar-refractivity contribution is -0.105. The summed E-state index contributed by atoms with van der Waals surface area (Å²) in [6.07, 6.45) is 1.40. The van der Waals surface area contributed by atoms with Crippen molar-refractivity contribution in [2.24, 2.45) is 0 Å². The summed E-state index contributed by atoms with van der Waals surface area (Å²) >= 11 is 0. The number of amides is 2. The summed E-state index contributed by atoms with van der Waals surface area (Å²) < 4.78 is 18.3. The van der Waals surface area contributed by atoms with Gasteiger partial charge in [-0.2, -0.15) is 0 Å². The molecule has 0 spiro atoms. The average molecular weight is 478 g/mol. The summed E-state index contributed by atoms with van der Waals surface area (Å²) in [5.74, 6) is -0.358. The molecule has 1 aliphatic heterocycles. The van der Waals surface area contributed by atoms with Crippen LogP contribution in [0.2, 0.25) is 0 Å². The normalized spacial score (nSPS) is 13.7. The Morgan fingerprint density at radius 3 is 2.43 bits per heavy atom. The van der Waals surface area contributed by atoms with E-state index >= 15 is 0 Å². The Hall–Kier alpha value is -3.71. The third-order valence-corrected chi connectivity index (χ3v) is 5.68. The molecule has 7 heteroatoms. The Kier molecular flexibility index (Phi) is 9.80. The van der Waals surface area contributed by atoms with Crippen LogP contribution < -0.4 is 15.5 Å². The highest BCUT2D eigenvalue weighted by Gasteiger charge is 2.15. The Bertz CT molecular complexity index is 1100. The molecule has 1 unspecified atom stereocenters. The maximum Gasteiger partial charge on any atom is 0.251 e. The molecule has 0 aliphatic carbocycles. The van der Waals surface area contributed by atoms with Crippen molar-refractivity contribution < 1.29 is 18.7 Å². The van der Waals surface area contributed by atoms with Crippen LogP contribution in [0.3, 0.4) is 0 Å². The Morgan fingerprint density at radius 1 is 1.06 bits per heavy atom. The van der Waals surface area contributed by atoms with Gasteiger partial charge < -0.3 is 20.3 Å². The first kappa shape index (κ1) is 25.9. The summed E-state index contributed by atoms with van der Waals surface area (Å²) in [6.45, 7) is 6.79. The van der Waals surface area contributed by atoms with Crippen LogP contribution >= 0.6 is 0 Å². The number of ether oxygens (including phenoxy) is 1. The molecule has 1 heterocycles. The minimum absolute atomic E-state index is 0.00142. The van der Waals surface area contributed by atoms with Gasteiger partial charge in [-0.3, -0.25) is 9.59 Å². The first-order chi connectivity index (χ1) is 17.0. The van der Waals surface area contributed by atoms with E-state index in [-0.39, 0.29) is 17.8 Å². The van der Waals surface area contributed by atoms with Crippen molar-refractivity contribution >= 4 is 23.7 Å². The molecular weight excluding hydrogens is 445 g/mol. The molecule has 6 nitrogen and oxygen atoms in total. The van der Waals surface area contributed by atoms with Gasteiger partial charge in [0.15, 0.2) is 0 Å². The molecule has 184 valence electrons. The molecule has 0 radical (unpaired) electrons. The van der Waals surface area contributed by atoms with E-state index in [2.05, 4.69) is 27.7 Å². The van der Waals surface area contributed by atoms with Gasteiger partial charge in [0, 0.05) is 24.7 Å². The standard InChI is InChI=1S/C17H19NO.C11H13FN2O2/c1-13-8-6-7-11-16(13)17(19)18-14(2)12-15-9-4-3-5-10-15;12-9-1-2-11(10(7-9)13-8-15)14-3-5-16-6-4-14/h3-11,14H,12H2,1-2H3,(H,18,19);1-2,7-8H,3-6H2,(H,13,15). The van der Waals surface area contributed by atoms with E-state index in [1.165, 1.54) is 17.7 Å². The second-order valence-electron chi connectivity index (χ2n) is 8.40. The van der Waals surface area contributed by atoms with Crippen molar-refractivity contribution in [2.45, 2.75) is 26.3 Å². The van der Waals surface area contributed by atoms with Crippen LogP contribution in [0.1, 0.15) is 28.4 Å². The molecule has 0 aromatic heterocycles. The molecule has 1 saturated heterocycles. The van der Waals surface area contributed by atoms with Crippen molar-refractivity contribution in [1.82, 2.24) is 5.32 Å². The van der Waals surface area contributed by atoms with Gasteiger partial charge in [-0.15, -0.1) is 0 Å². The fourth-order valence-electron chi connectivity index (χ4n) is 3.92. The van der Waals surface area contributed by atoms with Gasteiger partial charge >= 0.3 is 0 Å². The predicted octanol–water partition coefficient (Wildman–Crippen LogP) is 4.59. The Balaban J connectivity index is 0.000000198. The van der Waals surface area contributed by atoms with Crippen molar-refractivity contribution in [3.8, 4) is 0 Å². The molecule has 1 atom stereocenters. The first-order valence-electron chi connectivity index (χ1n) is 11.7. The zero-order chi connectivity index (χ0) is 25.0. The zero-order valence-electron chi connectivity index (χ0n) is 20.2. The molecule has 3 aromatic carbocycles. The molecule has 3 aromatic rings. The zero-order valence-corrected chi connectivity index (χ0v) is 20.2. The highest BCUT2D eigenvalue weighted by Crippen LogP contribution is 2.27. The number of carbonyl (C=O) groups is 2. The van der Waals surface area contributed by atoms with Crippen LogP contribution in [0.4, 0.5) is 15.8 Å². The summed E-state index contributed by atoms with van der Waals surface area (Å²) in [5, 5.41) is 5.56. The average Bonchev–Trinajstić information content (AvgIpc) is 2.86. The molecule has 2 N–H and O–H groups in total. The number of halogens is 1. The highest BCUT2D eigenvalue weighted by atomic mass is 19.1. The highest BCUT2D eigenvalue weighted by molar-refractivity contribution is 5.95. The second-order valence-corrected chi connectivity index (χ2v) is 8.40. The predicted molar refractivity (Wildman–Crippen MR) is 137 cm³/mol. The van der Waals surface area contributed by atoms with Crippen LogP contribution in [-0.4, -0.2) is 44.7 Å². The van der Waals surface area contributed by atoms with Gasteiger partial charge in [0.1, 0.15) is 5.82 Å². The van der Waals surface area contributed by atoms with Crippen molar-refractivity contribution in [3.05, 3.63) is 95.3 Å². The van der Waals surface area contributed by atoms with Gasteiger partial charge in [0.05, 0.1) is 24.6 Å². The monoisotopic (exact) mass is 477 g/mol. The molecule has 4 rings (SSSR count). The van der Waals surface area contributed by atoms with E-state index in [1.54, 1.807) is 6.07 Å². The number of rotatable bonds is 7. The minimum atomic E-state index is -0.360. The molecule has 1 aliphatic rings. The fraction of sp³-hybridized carbons (Fsp3) is 0.286. The van der Waals surface area contributed by atoms with E-state index in [9.17, 15) is 14.0 Å². The molecule has 0 bridgehead atoms. The second kappa shape index (κ2) is 13.2. The largest absolute Gasteiger partial charge is 0.378 e. The first-order valence-corrected chi connectivity index (χ1v) is 11.7. The molecule has 0 saturated carbocycles. The lowest BCUT2D eigenvalue weighted by Gasteiger charge is -2.30. The Morgan fingerprint density at radius 2 is 1.74 bits per heavy atom. The third-order valence-electron chi connectivity index (χ3n) is 5.68. The molecular formula is C28H32FN3O3. The summed E-state index contributed by atoms with van der Waals surface area (Å²) in [4.78, 5) is 24.7. The van der Waals surface area contributed by atoms with E-state index in [1.807, 2.05) is 56.3 Å². The molecule has 35 heavy (non-hydrogen) atoms. The Labute approximate surface area is 206 Å². The third kappa shape index (κ3) is 7.93. The van der Waals surface area contributed by atoms with Crippen LogP contribution in [0.15, 0.2) is 72.8 Å². The number of morpholine rings is 1. The smallest absolute Gasteiger partial charge is 0.251 e. The summed E-state index contributed by atoms with van der Waals surface area (Å²) in [5.41, 5.74) is 4.32. The van der Waals surface area contributed by atoms with E-state index in [4.69, 9.17) is 4.74 Å². The maximum absolute atomic E-state index is 13.0. The van der Waals surface area contributed by atoms with Crippen LogP contribution in [-0.2, 0) is 16.0 Å². The van der Waals surface area contributed by atoms with Gasteiger partial charge in [-0.25, -0.2) is 4.39 Å². The van der Waals surface area contributed by atoms with E-state index in [0.29, 0.717) is 25.3 Å². The van der Waals surface area contributed by atoms with Crippen molar-refractivity contribution in [3.63, 3.8) is 0 Å². The molecule has 1 fully saturated rings. The van der Waals surface area contributed by atoms with Crippen LogP contribution in [0.5, 0.6) is 0 Å². The number of nitrogens with zero attached hydrogens (tertiary/aromatic N) is 1. The van der Waals surface area contributed by atoms with Crippen molar-refractivity contribution in [2.75, 3.05) is 36.5 Å². The van der Waals surface area contributed by atoms with Gasteiger partial charge in [0.25, 0.3) is 5.91 Å². The number of aryl methyl sites for hydroxylation is 1. The lowest BCUT2D eigenvalue weighted by Crippen LogP contribution is -2.36. The number of hydrogen-bond acceptors (Lipinski definition) is 4. The van der Waals surface area contributed by atoms with Crippen LogP contribution in [0, 0.1) is 12.7 Å². The van der Waals surface area contributed by atoms with Gasteiger partial charge in [0.2, 0.25) is 6.41 Å². The number of carbonyl (C=O) groups excluding carboxylic acids is 2. The van der Waals surface area contributed by atoms with E-state index < -0.39 is 0 Å². The molecule has 2 amide bonds. The SMILES string of the molecule is Cc1ccccc1C(=O)NC(C)Cc1ccccc1.O=CNc1cc(F)ccc1N1CCOCC1. The topological polar surface area (TPSA) is 70.7 Å². The van der Waals surface area contributed by atoms with Crippen molar-refractivity contribution in [1.29, 1.82) is 0 Å². The van der Waals surface area contributed by atoms with Gasteiger partial charge in [-0.05, 0) is 55.7 Å².